The van der Waals surface area contributed by atoms with Crippen LogP contribution in [-0.2, 0) is 4.74 Å². The Balaban J connectivity index is 2.14. The van der Waals surface area contributed by atoms with Crippen molar-refractivity contribution in [2.24, 2.45) is 11.8 Å². The van der Waals surface area contributed by atoms with Crippen LogP contribution >= 0.6 is 0 Å². The van der Waals surface area contributed by atoms with E-state index in [0.29, 0.717) is 11.8 Å². The van der Waals surface area contributed by atoms with Crippen LogP contribution in [0, 0.1) is 11.8 Å². The van der Waals surface area contributed by atoms with Crippen molar-refractivity contribution >= 4 is 0 Å². The number of allylic oxidation sites excluding steroid dienone is 5. The summed E-state index contributed by atoms with van der Waals surface area (Å²) in [6.07, 6.45) is 14.7. The molecule has 2 nitrogen and oxygen atoms in total. The predicted octanol–water partition coefficient (Wildman–Crippen LogP) is 5.54. The van der Waals surface area contributed by atoms with Gasteiger partial charge in [0.25, 0.3) is 0 Å². The summed E-state index contributed by atoms with van der Waals surface area (Å²) in [5, 5.41) is 9.29. The van der Waals surface area contributed by atoms with Crippen molar-refractivity contribution in [3.8, 4) is 0 Å². The van der Waals surface area contributed by atoms with Crippen LogP contribution < -0.4 is 0 Å². The number of fused-ring (bicyclic) bond motifs is 1. The zero-order valence-electron chi connectivity index (χ0n) is 15.4. The van der Waals surface area contributed by atoms with Gasteiger partial charge in [0.05, 0.1) is 12.4 Å². The highest BCUT2D eigenvalue weighted by atomic mass is 16.5. The number of hydrogen-bond donors (Lipinski definition) is 1. The van der Waals surface area contributed by atoms with Crippen LogP contribution in [0.3, 0.4) is 0 Å². The van der Waals surface area contributed by atoms with E-state index in [1.165, 1.54) is 43.3 Å². The number of aliphatic hydroxyl groups is 1. The fourth-order valence-corrected chi connectivity index (χ4v) is 4.14. The van der Waals surface area contributed by atoms with Crippen LogP contribution in [0.2, 0.25) is 0 Å². The van der Waals surface area contributed by atoms with Crippen molar-refractivity contribution in [3.05, 3.63) is 35.1 Å². The van der Waals surface area contributed by atoms with E-state index in [0.717, 1.165) is 18.6 Å². The Morgan fingerprint density at radius 3 is 2.87 bits per heavy atom. The summed E-state index contributed by atoms with van der Waals surface area (Å²) in [5.41, 5.74) is 2.65. The first-order chi connectivity index (χ1) is 11.0. The summed E-state index contributed by atoms with van der Waals surface area (Å²) in [7, 11) is 0. The van der Waals surface area contributed by atoms with Gasteiger partial charge in [0.1, 0.15) is 5.60 Å². The third-order valence-corrected chi connectivity index (χ3v) is 5.36. The normalized spacial score (nSPS) is 29.0. The zero-order chi connectivity index (χ0) is 16.9. The van der Waals surface area contributed by atoms with Gasteiger partial charge >= 0.3 is 0 Å². The molecule has 0 aromatic carbocycles. The lowest BCUT2D eigenvalue weighted by atomic mass is 9.69. The maximum atomic E-state index is 9.29. The minimum Gasteiger partial charge on any atom is -0.492 e. The van der Waals surface area contributed by atoms with Gasteiger partial charge in [-0.05, 0) is 64.0 Å². The Hall–Kier alpha value is -1.02. The second-order valence-corrected chi connectivity index (χ2v) is 7.76. The quantitative estimate of drug-likeness (QED) is 0.514. The van der Waals surface area contributed by atoms with E-state index in [1.54, 1.807) is 0 Å². The molecule has 2 heteroatoms. The second kappa shape index (κ2) is 8.19. The standard InChI is InChI=1S/C21H34O2/c1-5-6-7-8-17(11-12-22)14-19-15-18-13-16(2)9-10-20(18)21(3,4)23-19/h11,13-14,18,20,22H,5-10,12,15H2,1-4H3/b17-11-,19-14+/t18?,20-/m1/s1. The second-order valence-electron chi connectivity index (χ2n) is 7.76. The molecule has 0 spiro atoms. The molecule has 2 rings (SSSR count). The average molecular weight is 319 g/mol. The van der Waals surface area contributed by atoms with Gasteiger partial charge in [0, 0.05) is 12.3 Å². The maximum Gasteiger partial charge on any atom is 0.106 e. The fraction of sp³-hybridized carbons (Fsp3) is 0.714. The Morgan fingerprint density at radius 2 is 2.17 bits per heavy atom. The van der Waals surface area contributed by atoms with Crippen molar-refractivity contribution in [2.75, 3.05) is 6.61 Å². The molecule has 23 heavy (non-hydrogen) atoms. The molecule has 0 saturated carbocycles. The number of rotatable bonds is 6. The summed E-state index contributed by atoms with van der Waals surface area (Å²) < 4.78 is 6.37. The highest BCUT2D eigenvalue weighted by molar-refractivity contribution is 5.25. The van der Waals surface area contributed by atoms with Gasteiger partial charge in [-0.3, -0.25) is 0 Å². The minimum atomic E-state index is -0.0975. The summed E-state index contributed by atoms with van der Waals surface area (Å²) >= 11 is 0. The Labute approximate surface area is 142 Å². The lowest BCUT2D eigenvalue weighted by molar-refractivity contribution is -0.0734. The molecule has 1 aliphatic heterocycles. The van der Waals surface area contributed by atoms with E-state index >= 15 is 0 Å². The van der Waals surface area contributed by atoms with Crippen LogP contribution in [0.25, 0.3) is 0 Å². The average Bonchev–Trinajstić information content (AvgIpc) is 2.46. The third kappa shape index (κ3) is 4.97. The summed E-state index contributed by atoms with van der Waals surface area (Å²) in [4.78, 5) is 0. The van der Waals surface area contributed by atoms with E-state index in [9.17, 15) is 5.11 Å². The topological polar surface area (TPSA) is 29.5 Å². The van der Waals surface area contributed by atoms with Crippen LogP contribution in [0.4, 0.5) is 0 Å². The Bertz CT molecular complexity index is 482. The zero-order valence-corrected chi connectivity index (χ0v) is 15.4. The third-order valence-electron chi connectivity index (χ3n) is 5.36. The van der Waals surface area contributed by atoms with Gasteiger partial charge in [-0.15, -0.1) is 0 Å². The highest BCUT2D eigenvalue weighted by Crippen LogP contribution is 2.46. The fourth-order valence-electron chi connectivity index (χ4n) is 4.14. The number of hydrogen-bond acceptors (Lipinski definition) is 2. The lowest BCUT2D eigenvalue weighted by Crippen LogP contribution is -2.44. The molecule has 2 aliphatic rings. The molecule has 1 N–H and O–H groups in total. The molecule has 130 valence electrons. The first-order valence-electron chi connectivity index (χ1n) is 9.33. The monoisotopic (exact) mass is 318 g/mol. The molecular formula is C21H34O2. The van der Waals surface area contributed by atoms with Gasteiger partial charge in [-0.2, -0.15) is 0 Å². The SMILES string of the molecule is CCCCCC(=C/CO)/C=C1\CC2C=C(C)CC[C@H]2C(C)(C)O1. The van der Waals surface area contributed by atoms with Crippen LogP contribution in [0.5, 0.6) is 0 Å². The van der Waals surface area contributed by atoms with Crippen molar-refractivity contribution in [1.82, 2.24) is 0 Å². The van der Waals surface area contributed by atoms with Crippen molar-refractivity contribution in [3.63, 3.8) is 0 Å². The smallest absolute Gasteiger partial charge is 0.106 e. The summed E-state index contributed by atoms with van der Waals surface area (Å²) in [6, 6.07) is 0. The predicted molar refractivity (Wildman–Crippen MR) is 97.1 cm³/mol. The Morgan fingerprint density at radius 1 is 1.39 bits per heavy atom. The van der Waals surface area contributed by atoms with Crippen LogP contribution in [0.15, 0.2) is 35.1 Å². The number of ether oxygens (including phenoxy) is 1. The first kappa shape index (κ1) is 18.3. The number of unbranched alkanes of at least 4 members (excludes halogenated alkanes) is 2. The van der Waals surface area contributed by atoms with Gasteiger partial charge in [-0.25, -0.2) is 0 Å². The molecule has 0 aromatic rings. The van der Waals surface area contributed by atoms with E-state index in [1.807, 2.05) is 6.08 Å². The lowest BCUT2D eigenvalue weighted by Gasteiger charge is -2.46. The highest BCUT2D eigenvalue weighted by Gasteiger charge is 2.42. The van der Waals surface area contributed by atoms with E-state index < -0.39 is 0 Å². The summed E-state index contributed by atoms with van der Waals surface area (Å²) in [5.74, 6) is 2.32. The molecule has 1 heterocycles. The molecule has 0 aromatic heterocycles. The van der Waals surface area contributed by atoms with Crippen molar-refractivity contribution in [1.29, 1.82) is 0 Å². The van der Waals surface area contributed by atoms with Crippen molar-refractivity contribution < 1.29 is 9.84 Å². The van der Waals surface area contributed by atoms with Gasteiger partial charge < -0.3 is 9.84 Å². The largest absolute Gasteiger partial charge is 0.492 e. The van der Waals surface area contributed by atoms with Gasteiger partial charge in [0.2, 0.25) is 0 Å². The first-order valence-corrected chi connectivity index (χ1v) is 9.33. The van der Waals surface area contributed by atoms with Gasteiger partial charge in [-0.1, -0.05) is 37.5 Å². The molecule has 1 aliphatic carbocycles. The van der Waals surface area contributed by atoms with Crippen LogP contribution in [-0.4, -0.2) is 17.3 Å². The minimum absolute atomic E-state index is 0.0975. The van der Waals surface area contributed by atoms with E-state index in [-0.39, 0.29) is 12.2 Å². The van der Waals surface area contributed by atoms with E-state index in [2.05, 4.69) is 39.8 Å². The van der Waals surface area contributed by atoms with Crippen molar-refractivity contribution in [2.45, 2.75) is 78.2 Å². The number of aliphatic hydroxyl groups excluding tert-OH is 1. The molecule has 0 radical (unpaired) electrons. The molecule has 1 saturated heterocycles. The molecule has 2 atom stereocenters. The van der Waals surface area contributed by atoms with Crippen LogP contribution in [0.1, 0.15) is 72.6 Å². The van der Waals surface area contributed by atoms with Gasteiger partial charge in [0.15, 0.2) is 0 Å². The Kier molecular flexibility index (Phi) is 6.52. The molecule has 1 fully saturated rings. The molecular weight excluding hydrogens is 284 g/mol. The molecule has 1 unspecified atom stereocenters. The maximum absolute atomic E-state index is 9.29. The van der Waals surface area contributed by atoms with E-state index in [4.69, 9.17) is 4.74 Å². The summed E-state index contributed by atoms with van der Waals surface area (Å²) in [6.45, 7) is 9.06. The molecule has 0 bridgehead atoms. The molecule has 0 amide bonds.